The van der Waals surface area contributed by atoms with Crippen LogP contribution in [-0.2, 0) is 0 Å². The van der Waals surface area contributed by atoms with E-state index in [0.29, 0.717) is 17.6 Å². The van der Waals surface area contributed by atoms with Gasteiger partial charge in [0.15, 0.2) is 11.5 Å². The lowest BCUT2D eigenvalue weighted by molar-refractivity contribution is 0.589. The predicted molar refractivity (Wildman–Crippen MR) is 254 cm³/mol. The zero-order chi connectivity index (χ0) is 43.1. The van der Waals surface area contributed by atoms with E-state index in [1.807, 2.05) is 140 Å². The van der Waals surface area contributed by atoms with E-state index in [1.54, 1.807) is 0 Å². The number of benzene rings is 8. The maximum atomic E-state index is 6.46. The van der Waals surface area contributed by atoms with E-state index in [0.717, 1.165) is 84.1 Å². The molecule has 0 aliphatic rings. The maximum absolute atomic E-state index is 6.46. The molecule has 0 aliphatic carbocycles. The van der Waals surface area contributed by atoms with Gasteiger partial charge in [0, 0.05) is 38.9 Å². The normalized spacial score (nSPS) is 10.9. The molecule has 306 valence electrons. The SMILES string of the molecule is Cc1cccc(-c2ccccc2-c2nc(-c3ccccc3)c(-c3ccccc3)o2)c1.c1ccc(-c2nc(-c3ccccc3-c3cccc(-c4nn[nH]n4)c3)oc2-c2ccccc2)cc1. The summed E-state index contributed by atoms with van der Waals surface area (Å²) in [7, 11) is 0. The Hall–Kier alpha value is -8.75. The zero-order valence-electron chi connectivity index (χ0n) is 34.8. The van der Waals surface area contributed by atoms with Gasteiger partial charge < -0.3 is 8.83 Å². The highest BCUT2D eigenvalue weighted by molar-refractivity contribution is 5.86. The Morgan fingerprint density at radius 3 is 1.20 bits per heavy atom. The minimum atomic E-state index is 0.549. The van der Waals surface area contributed by atoms with E-state index in [-0.39, 0.29) is 0 Å². The van der Waals surface area contributed by atoms with Gasteiger partial charge in [-0.05, 0) is 52.6 Å². The monoisotopic (exact) mass is 828 g/mol. The number of rotatable bonds is 9. The van der Waals surface area contributed by atoms with Crippen LogP contribution in [0.5, 0.6) is 0 Å². The second-order valence-electron chi connectivity index (χ2n) is 15.1. The van der Waals surface area contributed by atoms with Crippen molar-refractivity contribution >= 4 is 0 Å². The van der Waals surface area contributed by atoms with Crippen LogP contribution in [0.4, 0.5) is 0 Å². The van der Waals surface area contributed by atoms with Gasteiger partial charge in [0.25, 0.3) is 0 Å². The Kier molecular flexibility index (Phi) is 11.1. The Morgan fingerprint density at radius 2 is 0.750 bits per heavy atom. The number of aromatic amines is 1. The molecular formula is C56H40N6O2. The Labute approximate surface area is 370 Å². The molecule has 0 radical (unpaired) electrons. The molecule has 0 fully saturated rings. The largest absolute Gasteiger partial charge is 0.435 e. The Morgan fingerprint density at radius 1 is 0.359 bits per heavy atom. The van der Waals surface area contributed by atoms with Crippen LogP contribution in [0, 0.1) is 6.92 Å². The molecule has 0 saturated carbocycles. The Balaban J connectivity index is 0.000000153. The van der Waals surface area contributed by atoms with E-state index >= 15 is 0 Å². The number of aryl methyl sites for hydroxylation is 1. The van der Waals surface area contributed by atoms with Gasteiger partial charge in [-0.15, -0.1) is 10.2 Å². The highest BCUT2D eigenvalue weighted by Crippen LogP contribution is 2.41. The minimum absolute atomic E-state index is 0.549. The van der Waals surface area contributed by atoms with Crippen LogP contribution in [0.1, 0.15) is 5.56 Å². The van der Waals surface area contributed by atoms with Crippen LogP contribution in [0.15, 0.2) is 227 Å². The highest BCUT2D eigenvalue weighted by atomic mass is 16.4. The summed E-state index contributed by atoms with van der Waals surface area (Å²) >= 11 is 0. The van der Waals surface area contributed by atoms with Gasteiger partial charge in [0.05, 0.1) is 0 Å². The average Bonchev–Trinajstić information content (AvgIpc) is 4.18. The molecule has 8 heteroatoms. The molecule has 0 unspecified atom stereocenters. The van der Waals surface area contributed by atoms with Crippen molar-refractivity contribution in [1.82, 2.24) is 30.6 Å². The summed E-state index contributed by atoms with van der Waals surface area (Å²) in [5, 5.41) is 14.4. The first-order valence-electron chi connectivity index (χ1n) is 21.0. The summed E-state index contributed by atoms with van der Waals surface area (Å²) in [4.78, 5) is 9.95. The van der Waals surface area contributed by atoms with Crippen LogP contribution in [0.25, 0.3) is 102 Å². The fraction of sp³-hybridized carbons (Fsp3) is 0.0179. The number of tetrazole rings is 1. The van der Waals surface area contributed by atoms with Crippen molar-refractivity contribution in [2.45, 2.75) is 6.92 Å². The molecule has 0 bridgehead atoms. The van der Waals surface area contributed by atoms with Crippen molar-refractivity contribution in [3.8, 4) is 102 Å². The number of nitrogens with one attached hydrogen (secondary N) is 1. The van der Waals surface area contributed by atoms with Crippen molar-refractivity contribution in [2.75, 3.05) is 0 Å². The fourth-order valence-corrected chi connectivity index (χ4v) is 7.79. The summed E-state index contributed by atoms with van der Waals surface area (Å²) in [6, 6.07) is 73.5. The molecule has 0 atom stereocenters. The molecule has 11 rings (SSSR count). The third kappa shape index (κ3) is 8.31. The van der Waals surface area contributed by atoms with E-state index in [2.05, 4.69) is 106 Å². The Bertz CT molecular complexity index is 3160. The first-order valence-corrected chi connectivity index (χ1v) is 21.0. The first-order chi connectivity index (χ1) is 31.7. The number of hydrogen-bond donors (Lipinski definition) is 1. The summed E-state index contributed by atoms with van der Waals surface area (Å²) in [6.07, 6.45) is 0. The second-order valence-corrected chi connectivity index (χ2v) is 15.1. The van der Waals surface area contributed by atoms with Gasteiger partial charge in [-0.3, -0.25) is 0 Å². The fourth-order valence-electron chi connectivity index (χ4n) is 7.79. The molecule has 0 saturated heterocycles. The van der Waals surface area contributed by atoms with Crippen molar-refractivity contribution in [1.29, 1.82) is 0 Å². The molecule has 64 heavy (non-hydrogen) atoms. The second kappa shape index (κ2) is 18.1. The van der Waals surface area contributed by atoms with Crippen LogP contribution in [-0.4, -0.2) is 30.6 Å². The van der Waals surface area contributed by atoms with Crippen molar-refractivity contribution < 1.29 is 8.83 Å². The molecule has 0 amide bonds. The smallest absolute Gasteiger partial charge is 0.227 e. The molecule has 3 heterocycles. The number of oxazole rings is 2. The van der Waals surface area contributed by atoms with Gasteiger partial charge in [-0.2, -0.15) is 5.21 Å². The predicted octanol–water partition coefficient (Wildman–Crippen LogP) is 14.2. The third-order valence-electron chi connectivity index (χ3n) is 10.8. The van der Waals surface area contributed by atoms with E-state index in [1.165, 1.54) is 5.56 Å². The molecule has 8 nitrogen and oxygen atoms in total. The lowest BCUT2D eigenvalue weighted by Crippen LogP contribution is -1.87. The molecule has 11 aromatic rings. The van der Waals surface area contributed by atoms with Crippen LogP contribution in [0.2, 0.25) is 0 Å². The number of nitrogens with zero attached hydrogens (tertiary/aromatic N) is 5. The van der Waals surface area contributed by atoms with Gasteiger partial charge in [-0.25, -0.2) is 9.97 Å². The highest BCUT2D eigenvalue weighted by Gasteiger charge is 2.22. The molecule has 0 spiro atoms. The van der Waals surface area contributed by atoms with Gasteiger partial charge in [0.2, 0.25) is 17.6 Å². The molecular weight excluding hydrogens is 789 g/mol. The zero-order valence-corrected chi connectivity index (χ0v) is 34.8. The lowest BCUT2D eigenvalue weighted by Gasteiger charge is -2.08. The van der Waals surface area contributed by atoms with E-state index in [4.69, 9.17) is 18.8 Å². The number of aromatic nitrogens is 6. The minimum Gasteiger partial charge on any atom is -0.435 e. The van der Waals surface area contributed by atoms with Crippen LogP contribution >= 0.6 is 0 Å². The van der Waals surface area contributed by atoms with Gasteiger partial charge in [0.1, 0.15) is 11.4 Å². The maximum Gasteiger partial charge on any atom is 0.227 e. The van der Waals surface area contributed by atoms with E-state index < -0.39 is 0 Å². The topological polar surface area (TPSA) is 107 Å². The van der Waals surface area contributed by atoms with E-state index in [9.17, 15) is 0 Å². The number of hydrogen-bond acceptors (Lipinski definition) is 7. The van der Waals surface area contributed by atoms with Crippen LogP contribution in [0.3, 0.4) is 0 Å². The van der Waals surface area contributed by atoms with Crippen molar-refractivity contribution in [3.05, 3.63) is 224 Å². The van der Waals surface area contributed by atoms with Gasteiger partial charge in [-0.1, -0.05) is 206 Å². The lowest BCUT2D eigenvalue weighted by atomic mass is 9.98. The summed E-state index contributed by atoms with van der Waals surface area (Å²) in [5.74, 6) is 3.28. The third-order valence-corrected chi connectivity index (χ3v) is 10.8. The molecule has 1 N–H and O–H groups in total. The summed E-state index contributed by atoms with van der Waals surface area (Å²) in [5.41, 5.74) is 14.0. The summed E-state index contributed by atoms with van der Waals surface area (Å²) in [6.45, 7) is 2.11. The molecule has 0 aliphatic heterocycles. The van der Waals surface area contributed by atoms with Gasteiger partial charge >= 0.3 is 0 Å². The summed E-state index contributed by atoms with van der Waals surface area (Å²) < 4.78 is 12.9. The standard InChI is InChI=1S/C28H19N5O.C28H21NO/c1-3-10-19(11-4-1)25-26(20-12-5-2-6-13-20)34-28(29-25)24-17-8-7-16-23(24)21-14-9-15-22(18-21)27-30-32-33-31-27;1-20-11-10-16-23(19-20)24-17-8-9-18-25(24)28-29-26(21-12-4-2-5-13-21)27(30-28)22-14-6-3-7-15-22/h1-18H,(H,30,31,32,33);2-19H,1H3. The number of H-pyrrole nitrogens is 1. The molecule has 3 aromatic heterocycles. The van der Waals surface area contributed by atoms with Crippen molar-refractivity contribution in [3.63, 3.8) is 0 Å². The average molecular weight is 829 g/mol. The van der Waals surface area contributed by atoms with Crippen LogP contribution < -0.4 is 0 Å². The first kappa shape index (κ1) is 39.4. The quantitative estimate of drug-likeness (QED) is 0.154. The molecule has 8 aromatic carbocycles. The van der Waals surface area contributed by atoms with Crippen molar-refractivity contribution in [2.24, 2.45) is 0 Å².